The maximum atomic E-state index is 12.6. The molecule has 25 heavy (non-hydrogen) atoms. The minimum atomic E-state index is -0.433. The molecule has 3 heterocycles. The smallest absolute Gasteiger partial charge is 0.251 e. The van der Waals surface area contributed by atoms with Gasteiger partial charge in [0.2, 0.25) is 11.8 Å². The number of ether oxygens (including phenoxy) is 1. The lowest BCUT2D eigenvalue weighted by Crippen LogP contribution is -2.60. The molecular formula is C18H21N3O4. The van der Waals surface area contributed by atoms with Crippen molar-refractivity contribution in [1.29, 1.82) is 0 Å². The lowest BCUT2D eigenvalue weighted by atomic mass is 10.1. The Morgan fingerprint density at radius 1 is 1.20 bits per heavy atom. The summed E-state index contributed by atoms with van der Waals surface area (Å²) in [5.74, 6) is 0.451. The predicted molar refractivity (Wildman–Crippen MR) is 89.1 cm³/mol. The number of hydrogen-bond acceptors (Lipinski definition) is 4. The average molecular weight is 343 g/mol. The quantitative estimate of drug-likeness (QED) is 0.862. The molecule has 7 heteroatoms. The maximum absolute atomic E-state index is 12.6. The SMILES string of the molecule is COc1cccc(C(=O)N[C@H]2C[C@H]3C(=O)N4CCC[C@H]4C(=O)N3C2)c1. The van der Waals surface area contributed by atoms with Crippen LogP contribution in [0.4, 0.5) is 0 Å². The van der Waals surface area contributed by atoms with Gasteiger partial charge in [0.15, 0.2) is 0 Å². The van der Waals surface area contributed by atoms with Gasteiger partial charge < -0.3 is 19.9 Å². The number of amides is 3. The number of fused-ring (bicyclic) bond motifs is 2. The van der Waals surface area contributed by atoms with Crippen LogP contribution in [0.2, 0.25) is 0 Å². The predicted octanol–water partition coefficient (Wildman–Crippen LogP) is 0.399. The maximum Gasteiger partial charge on any atom is 0.251 e. The molecule has 3 aliphatic rings. The molecule has 0 aromatic heterocycles. The minimum absolute atomic E-state index is 0.0280. The highest BCUT2D eigenvalue weighted by atomic mass is 16.5. The first-order valence-corrected chi connectivity index (χ1v) is 8.64. The summed E-state index contributed by atoms with van der Waals surface area (Å²) in [7, 11) is 1.55. The summed E-state index contributed by atoms with van der Waals surface area (Å²) in [5.41, 5.74) is 0.502. The van der Waals surface area contributed by atoms with Crippen LogP contribution in [0.3, 0.4) is 0 Å². The van der Waals surface area contributed by atoms with E-state index in [2.05, 4.69) is 5.32 Å². The number of benzene rings is 1. The van der Waals surface area contributed by atoms with Crippen LogP contribution in [0, 0.1) is 0 Å². The molecule has 3 atom stereocenters. The normalized spacial score (nSPS) is 28.0. The van der Waals surface area contributed by atoms with Crippen molar-refractivity contribution >= 4 is 17.7 Å². The van der Waals surface area contributed by atoms with Gasteiger partial charge in [-0.3, -0.25) is 14.4 Å². The summed E-state index contributed by atoms with van der Waals surface area (Å²) in [6, 6.07) is 5.98. The van der Waals surface area contributed by atoms with E-state index in [1.807, 2.05) is 0 Å². The Bertz CT molecular complexity index is 705. The zero-order chi connectivity index (χ0) is 17.6. The number of hydrogen-bond donors (Lipinski definition) is 1. The van der Waals surface area contributed by atoms with Crippen molar-refractivity contribution in [2.75, 3.05) is 20.2 Å². The van der Waals surface area contributed by atoms with Gasteiger partial charge in [-0.25, -0.2) is 0 Å². The van der Waals surface area contributed by atoms with Crippen LogP contribution >= 0.6 is 0 Å². The first-order valence-electron chi connectivity index (χ1n) is 8.64. The van der Waals surface area contributed by atoms with Gasteiger partial charge in [0.1, 0.15) is 17.8 Å². The Balaban J connectivity index is 1.46. The highest BCUT2D eigenvalue weighted by molar-refractivity contribution is 5.99. The van der Waals surface area contributed by atoms with E-state index < -0.39 is 6.04 Å². The molecular weight excluding hydrogens is 322 g/mol. The monoisotopic (exact) mass is 343 g/mol. The lowest BCUT2D eigenvalue weighted by Gasteiger charge is -2.38. The van der Waals surface area contributed by atoms with E-state index in [9.17, 15) is 14.4 Å². The Morgan fingerprint density at radius 2 is 2.00 bits per heavy atom. The minimum Gasteiger partial charge on any atom is -0.497 e. The van der Waals surface area contributed by atoms with Crippen molar-refractivity contribution in [3.63, 3.8) is 0 Å². The highest BCUT2D eigenvalue weighted by Crippen LogP contribution is 2.32. The molecule has 1 aromatic rings. The molecule has 0 aliphatic carbocycles. The average Bonchev–Trinajstić information content (AvgIpc) is 3.27. The number of rotatable bonds is 3. The molecule has 0 saturated carbocycles. The second-order valence-electron chi connectivity index (χ2n) is 6.83. The number of carbonyl (C=O) groups excluding carboxylic acids is 3. The molecule has 0 unspecified atom stereocenters. The van der Waals surface area contributed by atoms with Crippen LogP contribution in [-0.4, -0.2) is 65.8 Å². The number of methoxy groups -OCH3 is 1. The summed E-state index contributed by atoms with van der Waals surface area (Å²) in [6.45, 7) is 1.07. The van der Waals surface area contributed by atoms with E-state index in [1.165, 1.54) is 0 Å². The largest absolute Gasteiger partial charge is 0.497 e. The summed E-state index contributed by atoms with van der Waals surface area (Å²) >= 11 is 0. The number of piperazine rings is 1. The second-order valence-corrected chi connectivity index (χ2v) is 6.83. The Morgan fingerprint density at radius 3 is 2.80 bits per heavy atom. The summed E-state index contributed by atoms with van der Waals surface area (Å²) < 4.78 is 5.14. The third-order valence-corrected chi connectivity index (χ3v) is 5.36. The van der Waals surface area contributed by atoms with Crippen LogP contribution in [-0.2, 0) is 9.59 Å². The number of nitrogens with zero attached hydrogens (tertiary/aromatic N) is 2. The molecule has 4 rings (SSSR count). The van der Waals surface area contributed by atoms with Crippen LogP contribution in [0.5, 0.6) is 5.75 Å². The third kappa shape index (κ3) is 2.63. The Kier molecular flexibility index (Phi) is 3.86. The van der Waals surface area contributed by atoms with E-state index in [4.69, 9.17) is 4.74 Å². The molecule has 0 spiro atoms. The van der Waals surface area contributed by atoms with E-state index in [0.29, 0.717) is 30.8 Å². The van der Waals surface area contributed by atoms with Crippen LogP contribution in [0.15, 0.2) is 24.3 Å². The van der Waals surface area contributed by atoms with Gasteiger partial charge in [-0.05, 0) is 37.5 Å². The van der Waals surface area contributed by atoms with Crippen molar-refractivity contribution in [1.82, 2.24) is 15.1 Å². The lowest BCUT2D eigenvalue weighted by molar-refractivity contribution is -0.156. The van der Waals surface area contributed by atoms with E-state index in [0.717, 1.165) is 12.8 Å². The molecule has 1 aromatic carbocycles. The Labute approximate surface area is 145 Å². The van der Waals surface area contributed by atoms with E-state index >= 15 is 0 Å². The van der Waals surface area contributed by atoms with E-state index in [1.54, 1.807) is 41.2 Å². The van der Waals surface area contributed by atoms with Crippen molar-refractivity contribution in [3.05, 3.63) is 29.8 Å². The van der Waals surface area contributed by atoms with Gasteiger partial charge in [-0.1, -0.05) is 6.07 Å². The van der Waals surface area contributed by atoms with Gasteiger partial charge >= 0.3 is 0 Å². The van der Waals surface area contributed by atoms with Crippen LogP contribution in [0.25, 0.3) is 0 Å². The first-order chi connectivity index (χ1) is 12.1. The van der Waals surface area contributed by atoms with Crippen molar-refractivity contribution in [3.8, 4) is 5.75 Å². The first kappa shape index (κ1) is 15.9. The topological polar surface area (TPSA) is 79.0 Å². The number of carbonyl (C=O) groups is 3. The summed E-state index contributed by atoms with van der Waals surface area (Å²) in [5, 5.41) is 2.95. The zero-order valence-corrected chi connectivity index (χ0v) is 14.1. The molecule has 3 saturated heterocycles. The second kappa shape index (κ2) is 6.06. The van der Waals surface area contributed by atoms with Gasteiger partial charge in [0, 0.05) is 24.7 Å². The van der Waals surface area contributed by atoms with Crippen molar-refractivity contribution < 1.29 is 19.1 Å². The fraction of sp³-hybridized carbons (Fsp3) is 0.500. The van der Waals surface area contributed by atoms with Crippen LogP contribution in [0.1, 0.15) is 29.6 Å². The molecule has 3 amide bonds. The fourth-order valence-electron chi connectivity index (χ4n) is 4.12. The molecule has 0 radical (unpaired) electrons. The molecule has 0 bridgehead atoms. The molecule has 3 fully saturated rings. The van der Waals surface area contributed by atoms with Gasteiger partial charge in [-0.15, -0.1) is 0 Å². The molecule has 1 N–H and O–H groups in total. The van der Waals surface area contributed by atoms with Crippen molar-refractivity contribution in [2.24, 2.45) is 0 Å². The molecule has 7 nitrogen and oxygen atoms in total. The van der Waals surface area contributed by atoms with Gasteiger partial charge in [-0.2, -0.15) is 0 Å². The van der Waals surface area contributed by atoms with Gasteiger partial charge in [0.25, 0.3) is 5.91 Å². The van der Waals surface area contributed by atoms with Crippen LogP contribution < -0.4 is 10.1 Å². The third-order valence-electron chi connectivity index (χ3n) is 5.36. The van der Waals surface area contributed by atoms with Crippen molar-refractivity contribution in [2.45, 2.75) is 37.4 Å². The standard InChI is InChI=1S/C18H21N3O4/c1-25-13-5-2-4-11(8-13)16(22)19-12-9-15-18(24)20-7-3-6-14(20)17(23)21(15)10-12/h2,4-5,8,12,14-15H,3,6-7,9-10H2,1H3,(H,19,22)/t12-,14-,15-/m0/s1. The van der Waals surface area contributed by atoms with E-state index in [-0.39, 0.29) is 29.8 Å². The summed E-state index contributed by atoms with van der Waals surface area (Å²) in [4.78, 5) is 41.1. The zero-order valence-electron chi connectivity index (χ0n) is 14.1. The number of nitrogens with one attached hydrogen (secondary N) is 1. The fourth-order valence-corrected chi connectivity index (χ4v) is 4.12. The molecule has 132 valence electrons. The highest BCUT2D eigenvalue weighted by Gasteiger charge is 2.51. The van der Waals surface area contributed by atoms with Gasteiger partial charge in [0.05, 0.1) is 7.11 Å². The summed E-state index contributed by atoms with van der Waals surface area (Å²) in [6.07, 6.45) is 2.11. The molecule has 3 aliphatic heterocycles. The Hall–Kier alpha value is -2.57.